The van der Waals surface area contributed by atoms with E-state index < -0.39 is 0 Å². The molecule has 8 rings (SSSR count). The summed E-state index contributed by atoms with van der Waals surface area (Å²) in [6, 6.07) is 6.31. The number of pyridine rings is 1. The smallest absolute Gasteiger partial charge is 0.251 e. The van der Waals surface area contributed by atoms with Crippen LogP contribution in [-0.4, -0.2) is 201 Å². The molecule has 2 aromatic rings. The van der Waals surface area contributed by atoms with Gasteiger partial charge >= 0.3 is 0 Å². The standard InChI is InChI=1S/C18H30N2.C16H31NO2.C16H31NO.2C15H29NO2.C13H23N3O.C13H27N.C10H21NO/c1-17(2,3)14-8-11-20(12-9-14)16-13-15(7-10-19-16)18(4,5)6;1-12(19-16(5,6)7)14(18)17-10-8-13(9-11-17)15(2,3)4;1-15(2,3)10-7-14(18)17-11-8-13(9-12-17)16(4,5)6;2*1-14(2,3)12-7-9-16(10-8-12)13(17)11-18-15(4,5)6;1-12(2,3)8-11(17)14-10-7-9(15-16-10)13(4,5)6;1-12(2,3)11-7-9-14(10-8-11)13(4,5)6;1-9(2,3)7-8(12)11-10(4,5)6/h7,10,13-14H,8-9,11-12H2,1-6H3;12-13H,8-11H2,1-7H3;13H,7-12H2,1-6H3;2*12H,7-11H2,1-6H3;7H,8H2,1-6H3,(H2,14,15,16,17);11H,7-10H2,1-6H3;7H2,1-6H3,(H,11,12). The SMILES string of the molecule is CC(C)(C)C1CCN(C(C)(C)C)CC1.CC(C)(C)CC(=O)NC(C)(C)C.CC(C)(C)CC(=O)Nc1cc(C(C)(C)C)[nH]n1.CC(C)(C)CCC(=O)N1CCC(C(C)(C)C)CC1.CC(C)(C)OCC(=O)N1CCC(C(C)(C)C)CC1.CC(C)(C)OCC(=O)N1CCC(C(C)(C)C)CC1.CC(C)(C)c1ccnc(N2CCC(C(C)(C)C)CC2)c1.CC(OC(C)(C)C)C(=O)N1CCC(C(C)(C)C)CC1. The van der Waals surface area contributed by atoms with Crippen molar-refractivity contribution in [3.05, 3.63) is 35.7 Å². The number of rotatable bonds is 12. The summed E-state index contributed by atoms with van der Waals surface area (Å²) in [7, 11) is 0. The van der Waals surface area contributed by atoms with Crippen molar-refractivity contribution in [1.29, 1.82) is 0 Å². The molecule has 2 aromatic heterocycles. The first-order chi connectivity index (χ1) is 60.9. The van der Waals surface area contributed by atoms with Gasteiger partial charge < -0.3 is 49.3 Å². The van der Waals surface area contributed by atoms with Gasteiger partial charge in [-0.25, -0.2) is 4.98 Å². The van der Waals surface area contributed by atoms with Crippen LogP contribution in [0.5, 0.6) is 0 Å². The van der Waals surface area contributed by atoms with Crippen molar-refractivity contribution in [1.82, 2.24) is 45.0 Å². The minimum Gasteiger partial charge on any atom is -0.366 e. The number of amides is 6. The van der Waals surface area contributed by atoms with Gasteiger partial charge in [0.2, 0.25) is 29.5 Å². The largest absolute Gasteiger partial charge is 0.366 e. The number of ether oxygens (including phenoxy) is 3. The number of piperidine rings is 6. The summed E-state index contributed by atoms with van der Waals surface area (Å²) in [5.74, 6) is 7.36. The van der Waals surface area contributed by atoms with Gasteiger partial charge in [-0.15, -0.1) is 0 Å². The number of aromatic amines is 1. The molecule has 136 heavy (non-hydrogen) atoms. The summed E-state index contributed by atoms with van der Waals surface area (Å²) in [6.45, 7) is 119. The van der Waals surface area contributed by atoms with E-state index >= 15 is 0 Å². The second-order valence-corrected chi connectivity index (χ2v) is 58.1. The van der Waals surface area contributed by atoms with Gasteiger partial charge in [-0.3, -0.25) is 38.8 Å². The number of nitrogens with zero attached hydrogens (tertiary/aromatic N) is 8. The Hall–Kier alpha value is -5.18. The van der Waals surface area contributed by atoms with Crippen LogP contribution < -0.4 is 15.5 Å². The summed E-state index contributed by atoms with van der Waals surface area (Å²) in [4.78, 5) is 89.2. The van der Waals surface area contributed by atoms with Crippen molar-refractivity contribution in [2.75, 3.05) is 102 Å². The van der Waals surface area contributed by atoms with Gasteiger partial charge in [0, 0.05) is 119 Å². The summed E-state index contributed by atoms with van der Waals surface area (Å²) in [5, 5.41) is 12.8. The zero-order valence-electron chi connectivity index (χ0n) is 98.3. The molecule has 20 heteroatoms. The summed E-state index contributed by atoms with van der Waals surface area (Å²) < 4.78 is 16.9. The monoisotopic (exact) mass is 1910 g/mol. The third kappa shape index (κ3) is 56.0. The van der Waals surface area contributed by atoms with Crippen molar-refractivity contribution < 1.29 is 43.0 Å². The van der Waals surface area contributed by atoms with Gasteiger partial charge in [-0.05, 0) is 315 Å². The second kappa shape index (κ2) is 52.9. The first-order valence-electron chi connectivity index (χ1n) is 53.1. The minimum atomic E-state index is -0.341. The third-order valence-electron chi connectivity index (χ3n) is 27.3. The predicted molar refractivity (Wildman–Crippen MR) is 578 cm³/mol. The van der Waals surface area contributed by atoms with Crippen LogP contribution >= 0.6 is 0 Å². The van der Waals surface area contributed by atoms with Gasteiger partial charge in [0.25, 0.3) is 5.91 Å². The molecule has 0 aromatic carbocycles. The average molecular weight is 1910 g/mol. The lowest BCUT2D eigenvalue weighted by atomic mass is 9.75. The van der Waals surface area contributed by atoms with Crippen LogP contribution in [0, 0.1) is 84.2 Å². The van der Waals surface area contributed by atoms with E-state index in [1.54, 1.807) is 0 Å². The van der Waals surface area contributed by atoms with Crippen molar-refractivity contribution >= 4 is 47.1 Å². The lowest BCUT2D eigenvalue weighted by Crippen LogP contribution is -2.47. The van der Waals surface area contributed by atoms with Crippen molar-refractivity contribution in [3.63, 3.8) is 0 Å². The maximum Gasteiger partial charge on any atom is 0.251 e. The normalized spacial score (nSPS) is 18.2. The Labute approximate surface area is 838 Å². The Morgan fingerprint density at radius 1 is 0.382 bits per heavy atom. The first-order valence-corrected chi connectivity index (χ1v) is 53.1. The number of carbonyl (C=O) groups excluding carboxylic acids is 6. The summed E-state index contributed by atoms with van der Waals surface area (Å²) in [5.41, 5.74) is 4.85. The Balaban J connectivity index is 0.000000780. The lowest BCUT2D eigenvalue weighted by molar-refractivity contribution is -0.153. The van der Waals surface area contributed by atoms with E-state index in [-0.39, 0.29) is 98.3 Å². The molecule has 6 amide bonds. The highest BCUT2D eigenvalue weighted by molar-refractivity contribution is 5.90. The number of nitrogens with one attached hydrogen (secondary N) is 3. The fourth-order valence-electron chi connectivity index (χ4n) is 18.0. The van der Waals surface area contributed by atoms with E-state index in [1.165, 1.54) is 57.2 Å². The van der Waals surface area contributed by atoms with Crippen LogP contribution in [0.2, 0.25) is 0 Å². The Morgan fingerprint density at radius 2 is 0.699 bits per heavy atom. The van der Waals surface area contributed by atoms with Gasteiger partial charge in [-0.2, -0.15) is 5.10 Å². The fraction of sp³-hybridized carbons (Fsp3) is 0.879. The molecule has 6 saturated heterocycles. The molecule has 6 aliphatic heterocycles. The number of anilines is 2. The van der Waals surface area contributed by atoms with Gasteiger partial charge in [0.05, 0.1) is 16.8 Å². The van der Waals surface area contributed by atoms with Gasteiger partial charge in [0.1, 0.15) is 25.1 Å². The molecule has 794 valence electrons. The summed E-state index contributed by atoms with van der Waals surface area (Å²) >= 11 is 0. The van der Waals surface area contributed by atoms with E-state index in [1.807, 2.05) is 138 Å². The quantitative estimate of drug-likeness (QED) is 0.181. The van der Waals surface area contributed by atoms with Crippen molar-refractivity contribution in [2.45, 2.75) is 487 Å². The molecule has 3 N–H and O–H groups in total. The van der Waals surface area contributed by atoms with Gasteiger partial charge in [-0.1, -0.05) is 228 Å². The van der Waals surface area contributed by atoms with E-state index in [2.05, 4.69) is 281 Å². The minimum absolute atomic E-state index is 0.00413. The molecule has 6 aliphatic rings. The fourth-order valence-corrected chi connectivity index (χ4v) is 18.0. The maximum atomic E-state index is 12.3. The molecular formula is C116H221N11O9. The molecule has 6 fully saturated rings. The molecule has 1 unspecified atom stereocenters. The molecule has 0 spiro atoms. The second-order valence-electron chi connectivity index (χ2n) is 58.1. The van der Waals surface area contributed by atoms with Crippen LogP contribution in [-0.2, 0) is 53.8 Å². The topological polar surface area (TPSA) is 215 Å². The third-order valence-corrected chi connectivity index (χ3v) is 27.3. The first kappa shape index (κ1) is 129. The molecular weight excluding hydrogens is 1690 g/mol. The van der Waals surface area contributed by atoms with Crippen LogP contribution in [0.25, 0.3) is 0 Å². The van der Waals surface area contributed by atoms with E-state index in [0.717, 1.165) is 157 Å². The number of H-pyrrole nitrogens is 1. The maximum absolute atomic E-state index is 12.3. The number of hydrogen-bond acceptors (Lipinski definition) is 13. The molecule has 8 heterocycles. The van der Waals surface area contributed by atoms with Crippen LogP contribution in [0.15, 0.2) is 24.4 Å². The Kier molecular flexibility index (Phi) is 50.1. The zero-order chi connectivity index (χ0) is 106. The molecule has 0 saturated carbocycles. The van der Waals surface area contributed by atoms with E-state index in [9.17, 15) is 28.8 Å². The summed E-state index contributed by atoms with van der Waals surface area (Å²) in [6.07, 6.45) is 18.7. The van der Waals surface area contributed by atoms with Crippen LogP contribution in [0.3, 0.4) is 0 Å². The molecule has 20 nitrogen and oxygen atoms in total. The molecule has 0 bridgehead atoms. The van der Waals surface area contributed by atoms with Gasteiger partial charge in [0.15, 0.2) is 5.82 Å². The Bertz CT molecular complexity index is 3590. The van der Waals surface area contributed by atoms with Crippen molar-refractivity contribution in [3.8, 4) is 0 Å². The van der Waals surface area contributed by atoms with E-state index in [0.29, 0.717) is 69.0 Å². The predicted octanol–water partition coefficient (Wildman–Crippen LogP) is 27.3. The lowest BCUT2D eigenvalue weighted by Gasteiger charge is -2.44. The van der Waals surface area contributed by atoms with E-state index in [4.69, 9.17) is 14.2 Å². The number of hydrogen-bond donors (Lipinski definition) is 3. The number of likely N-dealkylation sites (tertiary alicyclic amines) is 5. The molecule has 0 radical (unpaired) electrons. The van der Waals surface area contributed by atoms with Crippen molar-refractivity contribution in [2.24, 2.45) is 84.2 Å². The Morgan fingerprint density at radius 3 is 0.978 bits per heavy atom. The highest BCUT2D eigenvalue weighted by atomic mass is 16.5. The highest BCUT2D eigenvalue weighted by Crippen LogP contribution is 2.42. The number of carbonyl (C=O) groups is 6. The zero-order valence-corrected chi connectivity index (χ0v) is 98.3. The van der Waals surface area contributed by atoms with Crippen LogP contribution in [0.4, 0.5) is 11.6 Å². The average Bonchev–Trinajstić information content (AvgIpc) is 0.938. The molecule has 1 atom stereocenters. The van der Waals surface area contributed by atoms with Crippen LogP contribution in [0.1, 0.15) is 453 Å². The highest BCUT2D eigenvalue weighted by Gasteiger charge is 2.39. The number of aromatic nitrogens is 3. The molecule has 0 aliphatic carbocycles.